The van der Waals surface area contributed by atoms with E-state index in [0.29, 0.717) is 19.8 Å². The lowest BCUT2D eigenvalue weighted by atomic mass is 10.9. The molecule has 0 saturated carbocycles. The number of hydrogen-bond acceptors (Lipinski definition) is 3. The second-order valence-electron chi connectivity index (χ2n) is 2.42. The average Bonchev–Trinajstić information content (AvgIpc) is 2.06. The summed E-state index contributed by atoms with van der Waals surface area (Å²) in [5.41, 5.74) is 0. The Hall–Kier alpha value is 0.0269. The fourth-order valence-electron chi connectivity index (χ4n) is 1.12. The monoisotopic (exact) mass is 210 g/mol. The third-order valence-electron chi connectivity index (χ3n) is 1.49. The van der Waals surface area contributed by atoms with Crippen molar-refractivity contribution in [3.63, 3.8) is 0 Å². The van der Waals surface area contributed by atoms with Crippen LogP contribution in [-0.4, -0.2) is 35.3 Å². The topological polar surface area (TPSA) is 27.7 Å². The van der Waals surface area contributed by atoms with Gasteiger partial charge in [0.1, 0.15) is 0 Å². The van der Waals surface area contributed by atoms with Gasteiger partial charge in [-0.2, -0.15) is 0 Å². The van der Waals surface area contributed by atoms with Crippen molar-refractivity contribution in [2.75, 3.05) is 26.5 Å². The van der Waals surface area contributed by atoms with Gasteiger partial charge in [0.2, 0.25) is 0 Å². The van der Waals surface area contributed by atoms with Crippen LogP contribution in [0.3, 0.4) is 0 Å². The predicted molar refractivity (Wildman–Crippen MR) is 51.4 cm³/mol. The molecule has 5 heteroatoms. The Bertz CT molecular complexity index is 94.4. The molecule has 0 aliphatic carbocycles. The largest absolute Gasteiger partial charge is 0.503 e. The van der Waals surface area contributed by atoms with E-state index in [1.165, 1.54) is 0 Å². The summed E-state index contributed by atoms with van der Waals surface area (Å²) in [4.78, 5) is 0. The van der Waals surface area contributed by atoms with Gasteiger partial charge in [-0.25, -0.2) is 0 Å². The quantitative estimate of drug-likeness (QED) is 0.574. The summed E-state index contributed by atoms with van der Waals surface area (Å²) < 4.78 is 28.5. The van der Waals surface area contributed by atoms with Crippen molar-refractivity contribution >= 4 is 8.80 Å². The molecule has 0 spiro atoms. The molecule has 0 aliphatic heterocycles. The second-order valence-corrected chi connectivity index (χ2v) is 5.15. The third-order valence-corrected chi connectivity index (χ3v) is 4.48. The molecule has 3 nitrogen and oxygen atoms in total. The molecule has 0 unspecified atom stereocenters. The fourth-order valence-corrected chi connectivity index (χ4v) is 3.35. The molecule has 0 saturated heterocycles. The Morgan fingerprint density at radius 2 is 1.31 bits per heavy atom. The molecule has 80 valence electrons. The van der Waals surface area contributed by atoms with E-state index in [2.05, 4.69) is 0 Å². The SMILES string of the molecule is CCO[Si](CCF)(OCC)OCC. The van der Waals surface area contributed by atoms with Crippen LogP contribution in [0.25, 0.3) is 0 Å². The van der Waals surface area contributed by atoms with Crippen LogP contribution in [-0.2, 0) is 13.3 Å². The zero-order chi connectivity index (χ0) is 10.2. The molecule has 0 heterocycles. The molecular formula is C8H19FO3Si. The highest BCUT2D eigenvalue weighted by atomic mass is 28.4. The van der Waals surface area contributed by atoms with E-state index in [9.17, 15) is 4.39 Å². The van der Waals surface area contributed by atoms with Crippen molar-refractivity contribution in [1.29, 1.82) is 0 Å². The van der Waals surface area contributed by atoms with Crippen LogP contribution in [0, 0.1) is 0 Å². The molecule has 0 N–H and O–H groups in total. The van der Waals surface area contributed by atoms with Crippen molar-refractivity contribution in [3.8, 4) is 0 Å². The Labute approximate surface area is 80.6 Å². The number of alkyl halides is 1. The van der Waals surface area contributed by atoms with E-state index in [4.69, 9.17) is 13.3 Å². The zero-order valence-electron chi connectivity index (χ0n) is 8.64. The first-order chi connectivity index (χ1) is 6.24. The van der Waals surface area contributed by atoms with Crippen LogP contribution in [0.15, 0.2) is 0 Å². The maximum absolute atomic E-state index is 12.3. The van der Waals surface area contributed by atoms with Gasteiger partial charge in [0, 0.05) is 25.9 Å². The lowest BCUT2D eigenvalue weighted by Crippen LogP contribution is -2.46. The molecule has 0 fully saturated rings. The van der Waals surface area contributed by atoms with Gasteiger partial charge in [-0.15, -0.1) is 0 Å². The first-order valence-corrected chi connectivity index (χ1v) is 6.65. The third kappa shape index (κ3) is 4.71. The van der Waals surface area contributed by atoms with E-state index in [-0.39, 0.29) is 6.04 Å². The normalized spacial score (nSPS) is 12.0. The first-order valence-electron chi connectivity index (χ1n) is 4.72. The van der Waals surface area contributed by atoms with E-state index in [1.54, 1.807) is 0 Å². The highest BCUT2D eigenvalue weighted by Crippen LogP contribution is 2.15. The van der Waals surface area contributed by atoms with Gasteiger partial charge in [-0.3, -0.25) is 4.39 Å². The van der Waals surface area contributed by atoms with Crippen molar-refractivity contribution in [2.24, 2.45) is 0 Å². The van der Waals surface area contributed by atoms with Crippen LogP contribution < -0.4 is 0 Å². The Morgan fingerprint density at radius 3 is 1.54 bits per heavy atom. The highest BCUT2D eigenvalue weighted by molar-refractivity contribution is 6.60. The summed E-state index contributed by atoms with van der Waals surface area (Å²) in [5.74, 6) is 0. The maximum Gasteiger partial charge on any atom is 0.503 e. The molecular weight excluding hydrogens is 191 g/mol. The molecule has 13 heavy (non-hydrogen) atoms. The minimum Gasteiger partial charge on any atom is -0.374 e. The molecule has 0 aromatic heterocycles. The molecule has 0 rings (SSSR count). The van der Waals surface area contributed by atoms with Crippen molar-refractivity contribution in [3.05, 3.63) is 0 Å². The number of rotatable bonds is 8. The average molecular weight is 210 g/mol. The highest BCUT2D eigenvalue weighted by Gasteiger charge is 2.39. The summed E-state index contributed by atoms with van der Waals surface area (Å²) >= 11 is 0. The Morgan fingerprint density at radius 1 is 0.923 bits per heavy atom. The van der Waals surface area contributed by atoms with Crippen molar-refractivity contribution in [1.82, 2.24) is 0 Å². The van der Waals surface area contributed by atoms with Gasteiger partial charge in [0.15, 0.2) is 0 Å². The van der Waals surface area contributed by atoms with Gasteiger partial charge < -0.3 is 13.3 Å². The first kappa shape index (κ1) is 13.0. The fraction of sp³-hybridized carbons (Fsp3) is 1.00. The van der Waals surface area contributed by atoms with E-state index >= 15 is 0 Å². The van der Waals surface area contributed by atoms with Gasteiger partial charge in [0.05, 0.1) is 6.67 Å². The Balaban J connectivity index is 4.19. The zero-order valence-corrected chi connectivity index (χ0v) is 9.64. The summed E-state index contributed by atoms with van der Waals surface area (Å²) in [6.07, 6.45) is 0. The second kappa shape index (κ2) is 7.43. The van der Waals surface area contributed by atoms with Gasteiger partial charge >= 0.3 is 8.80 Å². The minimum absolute atomic E-state index is 0.252. The molecule has 0 atom stereocenters. The van der Waals surface area contributed by atoms with Gasteiger partial charge in [0.25, 0.3) is 0 Å². The maximum atomic E-state index is 12.3. The lowest BCUT2D eigenvalue weighted by molar-refractivity contribution is 0.0696. The van der Waals surface area contributed by atoms with Gasteiger partial charge in [-0.1, -0.05) is 0 Å². The number of hydrogen-bond donors (Lipinski definition) is 0. The molecule has 0 aromatic carbocycles. The van der Waals surface area contributed by atoms with Gasteiger partial charge in [-0.05, 0) is 20.8 Å². The summed E-state index contributed by atoms with van der Waals surface area (Å²) in [6.45, 7) is 6.64. The summed E-state index contributed by atoms with van der Waals surface area (Å²) in [6, 6.07) is 0.252. The standard InChI is InChI=1S/C8H19FO3Si/c1-4-10-13(8-7-9,11-5-2)12-6-3/h4-8H2,1-3H3. The summed E-state index contributed by atoms with van der Waals surface area (Å²) in [7, 11) is -2.67. The van der Waals surface area contributed by atoms with Crippen LogP contribution in [0.5, 0.6) is 0 Å². The van der Waals surface area contributed by atoms with E-state index < -0.39 is 15.5 Å². The van der Waals surface area contributed by atoms with Crippen molar-refractivity contribution < 1.29 is 17.7 Å². The van der Waals surface area contributed by atoms with E-state index in [1.807, 2.05) is 20.8 Å². The van der Waals surface area contributed by atoms with Crippen LogP contribution >= 0.6 is 0 Å². The van der Waals surface area contributed by atoms with Crippen LogP contribution in [0.4, 0.5) is 4.39 Å². The van der Waals surface area contributed by atoms with Crippen molar-refractivity contribution in [2.45, 2.75) is 26.8 Å². The molecule has 0 amide bonds. The van der Waals surface area contributed by atoms with Crippen LogP contribution in [0.2, 0.25) is 6.04 Å². The molecule has 0 radical (unpaired) electrons. The summed E-state index contributed by atoms with van der Waals surface area (Å²) in [5, 5.41) is 0. The smallest absolute Gasteiger partial charge is 0.374 e. The minimum atomic E-state index is -2.67. The van der Waals surface area contributed by atoms with Crippen LogP contribution in [0.1, 0.15) is 20.8 Å². The molecule has 0 bridgehead atoms. The molecule has 0 aromatic rings. The number of halogens is 1. The predicted octanol–water partition coefficient (Wildman–Crippen LogP) is 2.00. The Kier molecular flexibility index (Phi) is 7.45. The van der Waals surface area contributed by atoms with E-state index in [0.717, 1.165) is 0 Å². The lowest BCUT2D eigenvalue weighted by Gasteiger charge is -2.27. The molecule has 0 aliphatic rings.